The van der Waals surface area contributed by atoms with Gasteiger partial charge in [0.15, 0.2) is 0 Å². The molecule has 3 rings (SSSR count). The summed E-state index contributed by atoms with van der Waals surface area (Å²) < 4.78 is 0. The number of pyridine rings is 1. The van der Waals surface area contributed by atoms with E-state index in [4.69, 9.17) is 16.5 Å². The molecule has 3 heterocycles. The SMILES string of the molecule is CCCc1cc(N2CCC(NCC)CC2)nc2sc(C(N)=O)c(N)c12. The van der Waals surface area contributed by atoms with E-state index in [-0.39, 0.29) is 0 Å². The summed E-state index contributed by atoms with van der Waals surface area (Å²) in [4.78, 5) is 20.0. The second-order valence-electron chi connectivity index (χ2n) is 6.60. The van der Waals surface area contributed by atoms with Gasteiger partial charge in [-0.05, 0) is 37.4 Å². The van der Waals surface area contributed by atoms with Crippen LogP contribution in [-0.4, -0.2) is 36.6 Å². The van der Waals surface area contributed by atoms with E-state index < -0.39 is 5.91 Å². The zero-order valence-corrected chi connectivity index (χ0v) is 15.8. The Labute approximate surface area is 152 Å². The Kier molecular flexibility index (Phi) is 5.44. The normalized spacial score (nSPS) is 15.8. The number of rotatable bonds is 6. The number of primary amides is 1. The maximum absolute atomic E-state index is 11.7. The van der Waals surface area contributed by atoms with Crippen molar-refractivity contribution in [3.05, 3.63) is 16.5 Å². The van der Waals surface area contributed by atoms with Crippen molar-refractivity contribution in [3.63, 3.8) is 0 Å². The predicted molar refractivity (Wildman–Crippen MR) is 105 cm³/mol. The Bertz CT molecular complexity index is 764. The van der Waals surface area contributed by atoms with E-state index in [0.717, 1.165) is 66.9 Å². The number of hydrogen-bond donors (Lipinski definition) is 3. The minimum absolute atomic E-state index is 0.419. The Hall–Kier alpha value is -1.86. The molecule has 2 aromatic heterocycles. The lowest BCUT2D eigenvalue weighted by Crippen LogP contribution is -2.42. The monoisotopic (exact) mass is 361 g/mol. The number of amides is 1. The molecular formula is C18H27N5OS. The molecule has 1 saturated heterocycles. The number of nitrogen functional groups attached to an aromatic ring is 1. The first kappa shape index (κ1) is 17.9. The number of aryl methyl sites for hydroxylation is 1. The van der Waals surface area contributed by atoms with Crippen LogP contribution in [0.4, 0.5) is 11.5 Å². The van der Waals surface area contributed by atoms with Crippen molar-refractivity contribution in [3.8, 4) is 0 Å². The van der Waals surface area contributed by atoms with Gasteiger partial charge in [-0.3, -0.25) is 4.79 Å². The van der Waals surface area contributed by atoms with E-state index in [0.29, 0.717) is 16.6 Å². The highest BCUT2D eigenvalue weighted by Crippen LogP contribution is 2.37. The maximum Gasteiger partial charge on any atom is 0.260 e. The third kappa shape index (κ3) is 3.57. The molecule has 0 atom stereocenters. The Balaban J connectivity index is 1.96. The highest BCUT2D eigenvalue weighted by Gasteiger charge is 2.23. The first-order valence-electron chi connectivity index (χ1n) is 9.05. The highest BCUT2D eigenvalue weighted by molar-refractivity contribution is 7.21. The van der Waals surface area contributed by atoms with Crippen LogP contribution in [0.25, 0.3) is 10.2 Å². The standard InChI is InChI=1S/C18H27N5OS/c1-3-5-11-10-13(23-8-6-12(7-9-23)21-4-2)22-18-14(11)15(19)16(25-18)17(20)24/h10,12,21H,3-9,19H2,1-2H3,(H2,20,24). The number of aromatic nitrogens is 1. The lowest BCUT2D eigenvalue weighted by Gasteiger charge is -2.33. The van der Waals surface area contributed by atoms with Crippen molar-refractivity contribution in [1.29, 1.82) is 0 Å². The number of anilines is 2. The van der Waals surface area contributed by atoms with Gasteiger partial charge in [0.25, 0.3) is 5.91 Å². The van der Waals surface area contributed by atoms with Crippen LogP contribution in [-0.2, 0) is 6.42 Å². The fourth-order valence-corrected chi connectivity index (χ4v) is 4.59. The van der Waals surface area contributed by atoms with Crippen LogP contribution in [0.1, 0.15) is 48.3 Å². The van der Waals surface area contributed by atoms with E-state index in [1.165, 1.54) is 11.3 Å². The van der Waals surface area contributed by atoms with Crippen molar-refractivity contribution in [2.24, 2.45) is 5.73 Å². The summed E-state index contributed by atoms with van der Waals surface area (Å²) in [6.07, 6.45) is 4.17. The van der Waals surface area contributed by atoms with Gasteiger partial charge in [-0.2, -0.15) is 0 Å². The Morgan fingerprint density at radius 1 is 1.40 bits per heavy atom. The summed E-state index contributed by atoms with van der Waals surface area (Å²) in [7, 11) is 0. The maximum atomic E-state index is 11.7. The summed E-state index contributed by atoms with van der Waals surface area (Å²) in [6, 6.07) is 2.74. The van der Waals surface area contributed by atoms with Crippen LogP contribution in [0.15, 0.2) is 6.07 Å². The fourth-order valence-electron chi connectivity index (χ4n) is 3.60. The lowest BCUT2D eigenvalue weighted by molar-refractivity contribution is 0.100. The van der Waals surface area contributed by atoms with Gasteiger partial charge in [0.2, 0.25) is 0 Å². The van der Waals surface area contributed by atoms with Crippen LogP contribution in [0.5, 0.6) is 0 Å². The van der Waals surface area contributed by atoms with Gasteiger partial charge < -0.3 is 21.7 Å². The molecular weight excluding hydrogens is 334 g/mol. The van der Waals surface area contributed by atoms with E-state index in [9.17, 15) is 4.79 Å². The molecule has 0 bridgehead atoms. The molecule has 6 nitrogen and oxygen atoms in total. The summed E-state index contributed by atoms with van der Waals surface area (Å²) in [5, 5.41) is 4.44. The molecule has 0 aliphatic carbocycles. The van der Waals surface area contributed by atoms with Gasteiger partial charge in [-0.25, -0.2) is 4.98 Å². The molecule has 0 unspecified atom stereocenters. The van der Waals surface area contributed by atoms with E-state index >= 15 is 0 Å². The molecule has 5 N–H and O–H groups in total. The van der Waals surface area contributed by atoms with E-state index in [1.807, 2.05) is 0 Å². The number of hydrogen-bond acceptors (Lipinski definition) is 6. The molecule has 25 heavy (non-hydrogen) atoms. The highest BCUT2D eigenvalue weighted by atomic mass is 32.1. The Morgan fingerprint density at radius 2 is 2.12 bits per heavy atom. The second kappa shape index (κ2) is 7.58. The molecule has 2 aromatic rings. The fraction of sp³-hybridized carbons (Fsp3) is 0.556. The quantitative estimate of drug-likeness (QED) is 0.734. The van der Waals surface area contributed by atoms with Gasteiger partial charge >= 0.3 is 0 Å². The summed E-state index contributed by atoms with van der Waals surface area (Å²) >= 11 is 1.31. The molecule has 0 saturated carbocycles. The molecule has 1 aliphatic rings. The molecule has 0 spiro atoms. The van der Waals surface area contributed by atoms with Crippen molar-refractivity contribution in [2.75, 3.05) is 30.3 Å². The van der Waals surface area contributed by atoms with Crippen LogP contribution in [0, 0.1) is 0 Å². The van der Waals surface area contributed by atoms with Crippen molar-refractivity contribution in [1.82, 2.24) is 10.3 Å². The number of nitrogens with two attached hydrogens (primary N) is 2. The number of fused-ring (bicyclic) bond motifs is 1. The minimum Gasteiger partial charge on any atom is -0.397 e. The van der Waals surface area contributed by atoms with Crippen LogP contribution >= 0.6 is 11.3 Å². The topological polar surface area (TPSA) is 97.3 Å². The number of carbonyl (C=O) groups excluding carboxylic acids is 1. The molecule has 1 aliphatic heterocycles. The minimum atomic E-state index is -0.476. The van der Waals surface area contributed by atoms with Gasteiger partial charge in [-0.1, -0.05) is 20.3 Å². The number of carbonyl (C=O) groups is 1. The molecule has 0 aromatic carbocycles. The third-order valence-corrected chi connectivity index (χ3v) is 5.94. The second-order valence-corrected chi connectivity index (χ2v) is 7.60. The largest absolute Gasteiger partial charge is 0.397 e. The number of piperidine rings is 1. The molecule has 1 amide bonds. The third-order valence-electron chi connectivity index (χ3n) is 4.82. The molecule has 1 fully saturated rings. The zero-order chi connectivity index (χ0) is 18.0. The van der Waals surface area contributed by atoms with Crippen molar-refractivity contribution < 1.29 is 4.79 Å². The number of thiophene rings is 1. The summed E-state index contributed by atoms with van der Waals surface area (Å²) in [5.41, 5.74) is 13.3. The number of nitrogens with one attached hydrogen (secondary N) is 1. The summed E-state index contributed by atoms with van der Waals surface area (Å²) in [6.45, 7) is 7.29. The van der Waals surface area contributed by atoms with Crippen molar-refractivity contribution >= 4 is 39.0 Å². The first-order valence-corrected chi connectivity index (χ1v) is 9.86. The van der Waals surface area contributed by atoms with Crippen LogP contribution in [0.3, 0.4) is 0 Å². The lowest BCUT2D eigenvalue weighted by atomic mass is 10.0. The average Bonchev–Trinajstić information content (AvgIpc) is 2.93. The van der Waals surface area contributed by atoms with Gasteiger partial charge in [0, 0.05) is 24.5 Å². The number of nitrogens with zero attached hydrogens (tertiary/aromatic N) is 2. The average molecular weight is 362 g/mol. The van der Waals surface area contributed by atoms with Crippen LogP contribution < -0.4 is 21.7 Å². The zero-order valence-electron chi connectivity index (χ0n) is 15.0. The molecule has 136 valence electrons. The molecule has 0 radical (unpaired) electrons. The van der Waals surface area contributed by atoms with Crippen LogP contribution in [0.2, 0.25) is 0 Å². The summed E-state index contributed by atoms with van der Waals surface area (Å²) in [5.74, 6) is 0.513. The Morgan fingerprint density at radius 3 is 2.72 bits per heavy atom. The smallest absolute Gasteiger partial charge is 0.260 e. The van der Waals surface area contributed by atoms with Gasteiger partial charge in [-0.15, -0.1) is 11.3 Å². The molecule has 7 heteroatoms. The van der Waals surface area contributed by atoms with Gasteiger partial charge in [0.05, 0.1) is 5.69 Å². The van der Waals surface area contributed by atoms with Crippen molar-refractivity contribution in [2.45, 2.75) is 45.6 Å². The predicted octanol–water partition coefficient (Wildman–Crippen LogP) is 2.51. The van der Waals surface area contributed by atoms with Gasteiger partial charge in [0.1, 0.15) is 15.5 Å². The first-order chi connectivity index (χ1) is 12.0. The van der Waals surface area contributed by atoms with E-state index in [2.05, 4.69) is 30.1 Å². The van der Waals surface area contributed by atoms with E-state index in [1.54, 1.807) is 0 Å².